The number of anilines is 1. The molecule has 0 saturated heterocycles. The Labute approximate surface area is 234 Å². The van der Waals surface area contributed by atoms with Crippen LogP contribution in [0.15, 0.2) is 54.9 Å². The highest BCUT2D eigenvalue weighted by molar-refractivity contribution is 6.31. The number of carbonyl (C=O) groups is 1. The Bertz CT molecular complexity index is 1660. The van der Waals surface area contributed by atoms with Crippen LogP contribution in [0.1, 0.15) is 29.4 Å². The van der Waals surface area contributed by atoms with E-state index >= 15 is 0 Å². The van der Waals surface area contributed by atoms with Crippen LogP contribution in [0.5, 0.6) is 0 Å². The average molecular weight is 563 g/mol. The number of hydrogen-bond acceptors (Lipinski definition) is 7. The number of rotatable bonds is 5. The first-order valence-corrected chi connectivity index (χ1v) is 13.2. The molecule has 0 spiro atoms. The molecule has 2 fully saturated rings. The third-order valence-electron chi connectivity index (χ3n) is 7.60. The van der Waals surface area contributed by atoms with E-state index < -0.39 is 23.7 Å². The maximum Gasteiger partial charge on any atom is 0.229 e. The second-order valence-electron chi connectivity index (χ2n) is 9.79. The van der Waals surface area contributed by atoms with E-state index in [1.807, 2.05) is 30.3 Å². The number of amides is 1. The predicted octanol–water partition coefficient (Wildman–Crippen LogP) is 3.17. The molecule has 9 nitrogen and oxygen atoms in total. The van der Waals surface area contributed by atoms with E-state index in [0.717, 1.165) is 5.56 Å². The zero-order valence-corrected chi connectivity index (χ0v) is 22.3. The lowest BCUT2D eigenvalue weighted by molar-refractivity contribution is -0.132. The minimum absolute atomic E-state index is 0.221. The summed E-state index contributed by atoms with van der Waals surface area (Å²) in [5.41, 5.74) is 1.45. The molecule has 4 aromatic rings. The summed E-state index contributed by atoms with van der Waals surface area (Å²) in [5.74, 6) is 6.13. The molecule has 2 aromatic heterocycles. The first-order valence-electron chi connectivity index (χ1n) is 12.4. The third-order valence-corrected chi connectivity index (χ3v) is 8.16. The summed E-state index contributed by atoms with van der Waals surface area (Å²) in [6, 6.07) is 14.1. The second kappa shape index (κ2) is 9.81. The molecule has 0 aliphatic heterocycles. The number of aliphatic hydroxyl groups is 2. The number of imidazole rings is 1. The van der Waals surface area contributed by atoms with Crippen molar-refractivity contribution in [3.63, 3.8) is 0 Å². The predicted molar refractivity (Wildman–Crippen MR) is 147 cm³/mol. The summed E-state index contributed by atoms with van der Waals surface area (Å²) in [4.78, 5) is 26.5. The Balaban J connectivity index is 1.42. The highest BCUT2D eigenvalue weighted by Gasteiger charge is 2.75. The summed E-state index contributed by atoms with van der Waals surface area (Å²) in [7, 11) is 1.53. The molecule has 0 unspecified atom stereocenters. The summed E-state index contributed by atoms with van der Waals surface area (Å²) >= 11 is 12.4. The summed E-state index contributed by atoms with van der Waals surface area (Å²) in [6.45, 7) is 0.421. The Hall–Kier alpha value is -3.68. The second-order valence-corrected chi connectivity index (χ2v) is 10.6. The maximum absolute atomic E-state index is 12.6. The monoisotopic (exact) mass is 562 g/mol. The van der Waals surface area contributed by atoms with Crippen LogP contribution < -0.4 is 10.6 Å². The van der Waals surface area contributed by atoms with E-state index in [4.69, 9.17) is 23.2 Å². The van der Waals surface area contributed by atoms with Crippen LogP contribution >= 0.6 is 23.2 Å². The van der Waals surface area contributed by atoms with Crippen LogP contribution in [0.3, 0.4) is 0 Å². The molecule has 39 heavy (non-hydrogen) atoms. The van der Waals surface area contributed by atoms with Crippen molar-refractivity contribution in [2.45, 2.75) is 31.2 Å². The van der Waals surface area contributed by atoms with E-state index in [0.29, 0.717) is 45.6 Å². The molecule has 6 rings (SSSR count). The van der Waals surface area contributed by atoms with Gasteiger partial charge >= 0.3 is 0 Å². The zero-order valence-electron chi connectivity index (χ0n) is 20.8. The van der Waals surface area contributed by atoms with E-state index in [9.17, 15) is 15.0 Å². The number of nitrogens with zero attached hydrogens (tertiary/aromatic N) is 4. The molecule has 2 aliphatic rings. The van der Waals surface area contributed by atoms with Crippen LogP contribution in [-0.4, -0.2) is 54.9 Å². The quantitative estimate of drug-likeness (QED) is 0.275. The van der Waals surface area contributed by atoms with Crippen molar-refractivity contribution >= 4 is 46.1 Å². The fourth-order valence-corrected chi connectivity index (χ4v) is 6.01. The molecule has 5 atom stereocenters. The molecule has 0 bridgehead atoms. The van der Waals surface area contributed by atoms with Crippen molar-refractivity contribution in [1.82, 2.24) is 24.8 Å². The van der Waals surface area contributed by atoms with Crippen LogP contribution in [-0.2, 0) is 11.3 Å². The topological polar surface area (TPSA) is 125 Å². The smallest absolute Gasteiger partial charge is 0.229 e. The lowest BCUT2D eigenvalue weighted by atomic mass is 9.98. The van der Waals surface area contributed by atoms with Crippen molar-refractivity contribution in [2.75, 3.05) is 12.4 Å². The number of aromatic nitrogens is 4. The van der Waals surface area contributed by atoms with E-state index in [2.05, 4.69) is 37.4 Å². The van der Waals surface area contributed by atoms with Crippen LogP contribution in [0.25, 0.3) is 11.2 Å². The average Bonchev–Trinajstić information content (AvgIpc) is 3.47. The van der Waals surface area contributed by atoms with Gasteiger partial charge in [0.1, 0.15) is 6.10 Å². The number of halogens is 2. The Morgan fingerprint density at radius 2 is 1.97 bits per heavy atom. The highest BCUT2D eigenvalue weighted by Crippen LogP contribution is 2.67. The largest absolute Gasteiger partial charge is 0.389 e. The maximum atomic E-state index is 12.6. The Morgan fingerprint density at radius 3 is 2.74 bits per heavy atom. The van der Waals surface area contributed by atoms with Gasteiger partial charge in [-0.25, -0.2) is 15.0 Å². The van der Waals surface area contributed by atoms with Crippen molar-refractivity contribution < 1.29 is 15.0 Å². The Kier molecular flexibility index (Phi) is 6.44. The van der Waals surface area contributed by atoms with Crippen LogP contribution in [0.4, 0.5) is 5.82 Å². The molecule has 2 saturated carbocycles. The minimum atomic E-state index is -1.20. The summed E-state index contributed by atoms with van der Waals surface area (Å²) in [6.07, 6.45) is -0.353. The van der Waals surface area contributed by atoms with Crippen LogP contribution in [0, 0.1) is 23.2 Å². The number of benzene rings is 2. The van der Waals surface area contributed by atoms with Gasteiger partial charge in [-0.05, 0) is 42.2 Å². The number of fused-ring (bicyclic) bond motifs is 2. The Morgan fingerprint density at radius 1 is 1.15 bits per heavy atom. The summed E-state index contributed by atoms with van der Waals surface area (Å²) in [5, 5.41) is 28.9. The minimum Gasteiger partial charge on any atom is -0.389 e. The molecule has 1 amide bonds. The van der Waals surface area contributed by atoms with E-state index in [1.54, 1.807) is 29.1 Å². The van der Waals surface area contributed by atoms with Gasteiger partial charge in [-0.3, -0.25) is 4.79 Å². The SMILES string of the molecule is CNC(=O)[C@@]12C[C@@H]1[C@@H](n1cnc3c(NCc4cccc(Cl)c4)nc(C#Cc4ccccc4Cl)nc31)[C@H](O)[C@@H]2O. The number of hydrogen-bond donors (Lipinski definition) is 4. The fourth-order valence-electron chi connectivity index (χ4n) is 5.62. The first-order chi connectivity index (χ1) is 18.8. The van der Waals surface area contributed by atoms with Gasteiger partial charge < -0.3 is 25.4 Å². The van der Waals surface area contributed by atoms with Crippen molar-refractivity contribution in [1.29, 1.82) is 0 Å². The molecular weight excluding hydrogens is 539 g/mol. The van der Waals surface area contributed by atoms with Gasteiger partial charge in [-0.15, -0.1) is 0 Å². The fraction of sp³-hybridized carbons (Fsp3) is 0.286. The van der Waals surface area contributed by atoms with Gasteiger partial charge in [0.15, 0.2) is 17.0 Å². The van der Waals surface area contributed by atoms with Gasteiger partial charge in [0.05, 0.1) is 28.9 Å². The molecule has 2 heterocycles. The van der Waals surface area contributed by atoms with Crippen LogP contribution in [0.2, 0.25) is 10.0 Å². The molecular formula is C28H24Cl2N6O3. The molecule has 4 N–H and O–H groups in total. The van der Waals surface area contributed by atoms with Gasteiger partial charge in [0.2, 0.25) is 11.7 Å². The normalized spacial score (nSPS) is 25.1. The molecule has 11 heteroatoms. The van der Waals surface area contributed by atoms with Gasteiger partial charge in [0, 0.05) is 30.1 Å². The lowest BCUT2D eigenvalue weighted by Gasteiger charge is -2.23. The van der Waals surface area contributed by atoms with Crippen molar-refractivity contribution in [3.05, 3.63) is 81.9 Å². The number of aliphatic hydroxyl groups excluding tert-OH is 2. The first kappa shape index (κ1) is 25.6. The summed E-state index contributed by atoms with van der Waals surface area (Å²) < 4.78 is 1.72. The van der Waals surface area contributed by atoms with Crippen molar-refractivity contribution in [2.24, 2.45) is 11.3 Å². The van der Waals surface area contributed by atoms with E-state index in [1.165, 1.54) is 7.05 Å². The van der Waals surface area contributed by atoms with Gasteiger partial charge in [-0.1, -0.05) is 53.4 Å². The number of carbonyl (C=O) groups excluding carboxylic acids is 1. The highest BCUT2D eigenvalue weighted by atomic mass is 35.5. The van der Waals surface area contributed by atoms with Crippen molar-refractivity contribution in [3.8, 4) is 11.8 Å². The zero-order chi connectivity index (χ0) is 27.3. The third kappa shape index (κ3) is 4.30. The number of nitrogens with one attached hydrogen (secondary N) is 2. The molecule has 2 aromatic carbocycles. The lowest BCUT2D eigenvalue weighted by Crippen LogP contribution is -2.41. The molecule has 198 valence electrons. The molecule has 2 aliphatic carbocycles. The molecule has 0 radical (unpaired) electrons. The van der Waals surface area contributed by atoms with Gasteiger partial charge in [0.25, 0.3) is 0 Å². The van der Waals surface area contributed by atoms with Gasteiger partial charge in [-0.2, -0.15) is 0 Å². The standard InChI is InChI=1S/C28H24Cl2N6O3/c1-31-27(39)28-12-18(28)22(23(37)24(28)38)36-14-33-21-25(32-13-15-5-4-7-17(29)11-15)34-20(35-26(21)36)10-9-16-6-2-3-8-19(16)30/h2-8,11,14,18,22-24,37-38H,12-13H2,1H3,(H,31,39)(H,32,34,35)/t18-,22-,23+,24+,28+/m1/s1. The van der Waals surface area contributed by atoms with E-state index in [-0.39, 0.29) is 17.6 Å².